The summed E-state index contributed by atoms with van der Waals surface area (Å²) in [5, 5.41) is 3.82. The van der Waals surface area contributed by atoms with Crippen molar-refractivity contribution >= 4 is 50.0 Å². The van der Waals surface area contributed by atoms with Gasteiger partial charge in [0.25, 0.3) is 0 Å². The fourth-order valence-electron chi connectivity index (χ4n) is 2.77. The number of nitrogens with one attached hydrogen (secondary N) is 1. The lowest BCUT2D eigenvalue weighted by molar-refractivity contribution is -0.120. The maximum absolute atomic E-state index is 13.3. The summed E-state index contributed by atoms with van der Waals surface area (Å²) in [6.07, 6.45) is 2.01. The van der Waals surface area contributed by atoms with Crippen LogP contribution in [-0.2, 0) is 4.79 Å². The molecule has 128 valence electrons. The first-order valence-corrected chi connectivity index (χ1v) is 9.92. The van der Waals surface area contributed by atoms with Gasteiger partial charge in [0.2, 0.25) is 5.91 Å². The summed E-state index contributed by atoms with van der Waals surface area (Å²) >= 11 is 3.10. The Morgan fingerprint density at radius 3 is 2.96 bits per heavy atom. The van der Waals surface area contributed by atoms with E-state index in [0.717, 1.165) is 25.9 Å². The molecule has 1 aromatic heterocycles. The maximum Gasteiger partial charge on any atom is 0.231 e. The summed E-state index contributed by atoms with van der Waals surface area (Å²) in [5.41, 5.74) is 1.62. The van der Waals surface area contributed by atoms with Gasteiger partial charge in [0.15, 0.2) is 5.13 Å². The fourth-order valence-corrected chi connectivity index (χ4v) is 4.24. The number of hydrogen-bond acceptors (Lipinski definition) is 5. The second-order valence-electron chi connectivity index (χ2n) is 5.93. The summed E-state index contributed by atoms with van der Waals surface area (Å²) in [4.78, 5) is 20.1. The number of halogens is 1. The van der Waals surface area contributed by atoms with E-state index in [1.54, 1.807) is 17.8 Å². The molecule has 1 amide bonds. The fraction of sp³-hybridized carbons (Fsp3) is 0.222. The molecule has 4 nitrogen and oxygen atoms in total. The second kappa shape index (κ2) is 6.65. The van der Waals surface area contributed by atoms with Crippen LogP contribution in [0.4, 0.5) is 15.2 Å². The average molecular weight is 373 g/mol. The van der Waals surface area contributed by atoms with Gasteiger partial charge in [-0.1, -0.05) is 17.4 Å². The summed E-state index contributed by atoms with van der Waals surface area (Å²) in [5.74, 6) is -0.278. The van der Waals surface area contributed by atoms with E-state index in [-0.39, 0.29) is 17.6 Å². The zero-order chi connectivity index (χ0) is 17.4. The third kappa shape index (κ3) is 3.34. The number of anilines is 2. The SMILES string of the molecule is CSc1cccc(NC(=O)C2CN(c3nc4ccc(F)cc4s3)C2)c1. The molecule has 7 heteroatoms. The highest BCUT2D eigenvalue weighted by Crippen LogP contribution is 2.33. The summed E-state index contributed by atoms with van der Waals surface area (Å²) in [7, 11) is 0. The van der Waals surface area contributed by atoms with Gasteiger partial charge >= 0.3 is 0 Å². The molecule has 3 aromatic rings. The van der Waals surface area contributed by atoms with Crippen LogP contribution in [0.2, 0.25) is 0 Å². The van der Waals surface area contributed by atoms with Crippen LogP contribution in [-0.4, -0.2) is 30.2 Å². The molecular weight excluding hydrogens is 357 g/mol. The van der Waals surface area contributed by atoms with Crippen molar-refractivity contribution in [2.24, 2.45) is 5.92 Å². The van der Waals surface area contributed by atoms with E-state index in [1.807, 2.05) is 30.5 Å². The molecule has 2 heterocycles. The first kappa shape index (κ1) is 16.4. The van der Waals surface area contributed by atoms with E-state index in [0.29, 0.717) is 13.1 Å². The van der Waals surface area contributed by atoms with Gasteiger partial charge in [-0.15, -0.1) is 11.8 Å². The lowest BCUT2D eigenvalue weighted by Crippen LogP contribution is -2.52. The Kier molecular flexibility index (Phi) is 4.35. The molecule has 0 bridgehead atoms. The van der Waals surface area contributed by atoms with Gasteiger partial charge in [0, 0.05) is 23.7 Å². The first-order valence-electron chi connectivity index (χ1n) is 7.88. The molecule has 0 atom stereocenters. The first-order chi connectivity index (χ1) is 12.1. The van der Waals surface area contributed by atoms with E-state index >= 15 is 0 Å². The van der Waals surface area contributed by atoms with Crippen molar-refractivity contribution in [3.63, 3.8) is 0 Å². The smallest absolute Gasteiger partial charge is 0.231 e. The predicted octanol–water partition coefficient (Wildman–Crippen LogP) is 4.23. The van der Waals surface area contributed by atoms with E-state index in [4.69, 9.17) is 0 Å². The van der Waals surface area contributed by atoms with E-state index in [2.05, 4.69) is 15.2 Å². The molecule has 0 radical (unpaired) electrons. The Balaban J connectivity index is 1.39. The van der Waals surface area contributed by atoms with Gasteiger partial charge in [-0.2, -0.15) is 0 Å². The molecule has 1 N–H and O–H groups in total. The Bertz CT molecular complexity index is 937. The highest BCUT2D eigenvalue weighted by atomic mass is 32.2. The summed E-state index contributed by atoms with van der Waals surface area (Å²) in [6, 6.07) is 12.4. The average Bonchev–Trinajstić information content (AvgIpc) is 2.96. The monoisotopic (exact) mass is 373 g/mol. The molecule has 2 aromatic carbocycles. The molecule has 0 aliphatic carbocycles. The molecule has 0 saturated carbocycles. The maximum atomic E-state index is 13.3. The normalized spacial score (nSPS) is 14.6. The van der Waals surface area contributed by atoms with Crippen LogP contribution < -0.4 is 10.2 Å². The minimum Gasteiger partial charge on any atom is -0.346 e. The number of nitrogens with zero attached hydrogens (tertiary/aromatic N) is 2. The van der Waals surface area contributed by atoms with Crippen LogP contribution in [0.25, 0.3) is 10.2 Å². The van der Waals surface area contributed by atoms with Crippen molar-refractivity contribution in [2.45, 2.75) is 4.90 Å². The van der Waals surface area contributed by atoms with Crippen LogP contribution in [0.15, 0.2) is 47.4 Å². The molecule has 0 unspecified atom stereocenters. The molecular formula is C18H16FN3OS2. The molecule has 1 aliphatic heterocycles. The molecule has 25 heavy (non-hydrogen) atoms. The summed E-state index contributed by atoms with van der Waals surface area (Å²) < 4.78 is 14.1. The van der Waals surface area contributed by atoms with Crippen molar-refractivity contribution in [3.8, 4) is 0 Å². The van der Waals surface area contributed by atoms with Crippen LogP contribution in [0.5, 0.6) is 0 Å². The quantitative estimate of drug-likeness (QED) is 0.695. The standard InChI is InChI=1S/C18H16FN3OS2/c1-24-14-4-2-3-13(8-14)20-17(23)11-9-22(10-11)18-21-15-6-5-12(19)7-16(15)25-18/h2-8,11H,9-10H2,1H3,(H,20,23). The second-order valence-corrected chi connectivity index (χ2v) is 7.82. The lowest BCUT2D eigenvalue weighted by Gasteiger charge is -2.37. The zero-order valence-electron chi connectivity index (χ0n) is 13.5. The van der Waals surface area contributed by atoms with E-state index < -0.39 is 0 Å². The zero-order valence-corrected chi connectivity index (χ0v) is 15.2. The Labute approximate surface area is 153 Å². The van der Waals surface area contributed by atoms with Gasteiger partial charge in [-0.05, 0) is 42.7 Å². The Hall–Kier alpha value is -2.12. The third-order valence-electron chi connectivity index (χ3n) is 4.20. The Morgan fingerprint density at radius 2 is 2.16 bits per heavy atom. The largest absolute Gasteiger partial charge is 0.346 e. The highest BCUT2D eigenvalue weighted by molar-refractivity contribution is 7.98. The third-order valence-corrected chi connectivity index (χ3v) is 6.00. The van der Waals surface area contributed by atoms with Crippen LogP contribution in [0.1, 0.15) is 0 Å². The van der Waals surface area contributed by atoms with Crippen molar-refractivity contribution in [1.29, 1.82) is 0 Å². The number of fused-ring (bicyclic) bond motifs is 1. The van der Waals surface area contributed by atoms with Crippen LogP contribution in [0, 0.1) is 11.7 Å². The number of aromatic nitrogens is 1. The lowest BCUT2D eigenvalue weighted by atomic mass is 10.00. The van der Waals surface area contributed by atoms with E-state index in [9.17, 15) is 9.18 Å². The van der Waals surface area contributed by atoms with Gasteiger partial charge in [0.05, 0.1) is 16.1 Å². The van der Waals surface area contributed by atoms with Crippen LogP contribution >= 0.6 is 23.1 Å². The summed E-state index contributed by atoms with van der Waals surface area (Å²) in [6.45, 7) is 1.27. The number of benzene rings is 2. The highest BCUT2D eigenvalue weighted by Gasteiger charge is 2.34. The topological polar surface area (TPSA) is 45.2 Å². The number of hydrogen-bond donors (Lipinski definition) is 1. The van der Waals surface area contributed by atoms with Gasteiger partial charge in [-0.25, -0.2) is 9.37 Å². The van der Waals surface area contributed by atoms with Crippen LogP contribution in [0.3, 0.4) is 0 Å². The Morgan fingerprint density at radius 1 is 1.32 bits per heavy atom. The molecule has 1 aliphatic rings. The van der Waals surface area contributed by atoms with Gasteiger partial charge in [0.1, 0.15) is 5.82 Å². The van der Waals surface area contributed by atoms with Crippen molar-refractivity contribution in [1.82, 2.24) is 4.98 Å². The number of carbonyl (C=O) groups excluding carboxylic acids is 1. The number of carbonyl (C=O) groups is 1. The molecule has 0 spiro atoms. The van der Waals surface area contributed by atoms with E-state index in [1.165, 1.54) is 23.5 Å². The van der Waals surface area contributed by atoms with Crippen molar-refractivity contribution in [2.75, 3.05) is 29.6 Å². The predicted molar refractivity (Wildman–Crippen MR) is 102 cm³/mol. The minimum absolute atomic E-state index is 0.0293. The number of thioether (sulfide) groups is 1. The molecule has 1 saturated heterocycles. The number of rotatable bonds is 4. The van der Waals surface area contributed by atoms with Gasteiger partial charge < -0.3 is 10.2 Å². The van der Waals surface area contributed by atoms with Gasteiger partial charge in [-0.3, -0.25) is 4.79 Å². The number of thiazole rings is 1. The van der Waals surface area contributed by atoms with Crippen molar-refractivity contribution in [3.05, 3.63) is 48.3 Å². The molecule has 1 fully saturated rings. The number of amides is 1. The van der Waals surface area contributed by atoms with Crippen molar-refractivity contribution < 1.29 is 9.18 Å². The molecule has 4 rings (SSSR count). The minimum atomic E-state index is -0.254.